The summed E-state index contributed by atoms with van der Waals surface area (Å²) in [6.45, 7) is 3.57. The molecular weight excluding hydrogens is 389 g/mol. The maximum absolute atomic E-state index is 10.00. The van der Waals surface area contributed by atoms with Gasteiger partial charge in [-0.25, -0.2) is 4.99 Å². The predicted molar refractivity (Wildman–Crippen MR) is 109 cm³/mol. The minimum atomic E-state index is -0.0323. The summed E-state index contributed by atoms with van der Waals surface area (Å²) >= 11 is 12.1. The third kappa shape index (κ3) is 5.84. The van der Waals surface area contributed by atoms with Crippen LogP contribution in [0.4, 0.5) is 0 Å². The van der Waals surface area contributed by atoms with Crippen LogP contribution in [-0.2, 0) is 13.1 Å². The van der Waals surface area contributed by atoms with Gasteiger partial charge in [-0.05, 0) is 42.3 Å². The fourth-order valence-electron chi connectivity index (χ4n) is 2.40. The van der Waals surface area contributed by atoms with Gasteiger partial charge in [-0.15, -0.1) is 0 Å². The number of halogens is 2. The maximum atomic E-state index is 10.00. The van der Waals surface area contributed by atoms with Crippen LogP contribution in [0, 0.1) is 0 Å². The van der Waals surface area contributed by atoms with Crippen LogP contribution in [0.5, 0.6) is 17.2 Å². The Morgan fingerprint density at radius 2 is 1.74 bits per heavy atom. The number of nitrogens with zero attached hydrogens (tertiary/aromatic N) is 1. The first-order valence-electron chi connectivity index (χ1n) is 8.38. The zero-order valence-corrected chi connectivity index (χ0v) is 17.0. The molecule has 0 radical (unpaired) electrons. The largest absolute Gasteiger partial charge is 0.502 e. The van der Waals surface area contributed by atoms with Gasteiger partial charge in [-0.2, -0.15) is 0 Å². The molecule has 0 unspecified atom stereocenters. The zero-order chi connectivity index (χ0) is 19.8. The van der Waals surface area contributed by atoms with E-state index in [4.69, 9.17) is 32.7 Å². The number of phenolic OH excluding ortho intramolecular Hbond substituents is 1. The Morgan fingerprint density at radius 3 is 2.30 bits per heavy atom. The highest BCUT2D eigenvalue weighted by Gasteiger charge is 2.11. The number of ether oxygens (including phenoxy) is 2. The van der Waals surface area contributed by atoms with E-state index in [2.05, 4.69) is 15.6 Å². The molecule has 0 atom stereocenters. The minimum Gasteiger partial charge on any atom is -0.502 e. The van der Waals surface area contributed by atoms with Gasteiger partial charge in [0.05, 0.1) is 20.8 Å². The van der Waals surface area contributed by atoms with Crippen LogP contribution in [-0.4, -0.2) is 31.8 Å². The number of aliphatic imine (C=N–C) groups is 1. The monoisotopic (exact) mass is 411 g/mol. The molecule has 146 valence electrons. The Morgan fingerprint density at radius 1 is 1.07 bits per heavy atom. The summed E-state index contributed by atoms with van der Waals surface area (Å²) in [6.07, 6.45) is 0. The molecule has 2 aromatic carbocycles. The number of guanidine groups is 1. The van der Waals surface area contributed by atoms with Crippen LogP contribution >= 0.6 is 23.2 Å². The normalized spacial score (nSPS) is 11.2. The number of methoxy groups -OCH3 is 2. The number of phenols is 1. The van der Waals surface area contributed by atoms with E-state index in [0.717, 1.165) is 11.1 Å². The van der Waals surface area contributed by atoms with Crippen LogP contribution < -0.4 is 20.1 Å². The number of benzene rings is 2. The number of aromatic hydroxyl groups is 1. The summed E-state index contributed by atoms with van der Waals surface area (Å²) in [5.41, 5.74) is 1.75. The lowest BCUT2D eigenvalue weighted by Crippen LogP contribution is -2.36. The van der Waals surface area contributed by atoms with Crippen molar-refractivity contribution in [1.82, 2.24) is 10.6 Å². The third-order valence-corrected chi connectivity index (χ3v) is 4.35. The molecule has 0 amide bonds. The van der Waals surface area contributed by atoms with Gasteiger partial charge >= 0.3 is 0 Å². The van der Waals surface area contributed by atoms with Crippen molar-refractivity contribution in [3.8, 4) is 17.2 Å². The first-order valence-corrected chi connectivity index (χ1v) is 9.14. The van der Waals surface area contributed by atoms with Crippen molar-refractivity contribution >= 4 is 29.2 Å². The molecule has 0 heterocycles. The van der Waals surface area contributed by atoms with Crippen molar-refractivity contribution in [1.29, 1.82) is 0 Å². The molecule has 8 heteroatoms. The number of rotatable bonds is 7. The fourth-order valence-corrected chi connectivity index (χ4v) is 2.87. The second kappa shape index (κ2) is 10.1. The van der Waals surface area contributed by atoms with E-state index < -0.39 is 0 Å². The first-order chi connectivity index (χ1) is 13.0. The van der Waals surface area contributed by atoms with Crippen LogP contribution in [0.25, 0.3) is 0 Å². The average Bonchev–Trinajstić information content (AvgIpc) is 2.65. The molecule has 3 N–H and O–H groups in total. The van der Waals surface area contributed by atoms with Gasteiger partial charge in [0.15, 0.2) is 17.5 Å². The lowest BCUT2D eigenvalue weighted by Gasteiger charge is -2.13. The van der Waals surface area contributed by atoms with Crippen LogP contribution in [0.3, 0.4) is 0 Å². The molecular formula is C19H23Cl2N3O3. The number of nitrogens with one attached hydrogen (secondary N) is 2. The van der Waals surface area contributed by atoms with E-state index in [1.165, 1.54) is 14.2 Å². The van der Waals surface area contributed by atoms with E-state index in [0.29, 0.717) is 47.1 Å². The Balaban J connectivity index is 2.13. The molecule has 0 spiro atoms. The molecule has 2 aromatic rings. The maximum Gasteiger partial charge on any atom is 0.200 e. The SMILES string of the molecule is CCNC(=NCc1cc(OC)c(O)c(OC)c1)NCc1ccc(Cl)cc1Cl. The summed E-state index contributed by atoms with van der Waals surface area (Å²) in [5.74, 6) is 1.28. The van der Waals surface area contributed by atoms with E-state index in [9.17, 15) is 5.11 Å². The molecule has 0 aliphatic carbocycles. The smallest absolute Gasteiger partial charge is 0.200 e. The Labute approximate surface area is 169 Å². The summed E-state index contributed by atoms with van der Waals surface area (Å²) < 4.78 is 10.4. The molecule has 6 nitrogen and oxygen atoms in total. The topological polar surface area (TPSA) is 75.1 Å². The zero-order valence-electron chi connectivity index (χ0n) is 15.5. The predicted octanol–water partition coefficient (Wildman–Crippen LogP) is 3.97. The highest BCUT2D eigenvalue weighted by atomic mass is 35.5. The van der Waals surface area contributed by atoms with Crippen molar-refractivity contribution in [3.63, 3.8) is 0 Å². The molecule has 27 heavy (non-hydrogen) atoms. The molecule has 0 aliphatic heterocycles. The standard InChI is InChI=1S/C19H23Cl2N3O3/c1-4-22-19(24-11-13-5-6-14(20)9-15(13)21)23-10-12-7-16(26-2)18(25)17(8-12)27-3/h5-9,25H,4,10-11H2,1-3H3,(H2,22,23,24). The van der Waals surface area contributed by atoms with Gasteiger partial charge in [0.1, 0.15) is 0 Å². The molecule has 0 aromatic heterocycles. The summed E-state index contributed by atoms with van der Waals surface area (Å²) in [5, 5.41) is 17.6. The van der Waals surface area contributed by atoms with E-state index in [-0.39, 0.29) is 5.75 Å². The molecule has 2 rings (SSSR count). The van der Waals surface area contributed by atoms with Gasteiger partial charge in [-0.1, -0.05) is 29.3 Å². The molecule has 0 saturated carbocycles. The molecule has 0 aliphatic rings. The van der Waals surface area contributed by atoms with Crippen molar-refractivity contribution in [2.45, 2.75) is 20.0 Å². The average molecular weight is 412 g/mol. The molecule has 0 bridgehead atoms. The molecule has 0 fully saturated rings. The Bertz CT molecular complexity index is 788. The first kappa shape index (κ1) is 21.0. The lowest BCUT2D eigenvalue weighted by atomic mass is 10.2. The van der Waals surface area contributed by atoms with Gasteiger partial charge < -0.3 is 25.2 Å². The van der Waals surface area contributed by atoms with E-state index >= 15 is 0 Å². The summed E-state index contributed by atoms with van der Waals surface area (Å²) in [7, 11) is 2.98. The van der Waals surface area contributed by atoms with E-state index in [1.54, 1.807) is 24.3 Å². The second-order valence-corrected chi connectivity index (χ2v) is 6.48. The van der Waals surface area contributed by atoms with E-state index in [1.807, 2.05) is 13.0 Å². The number of hydrogen-bond donors (Lipinski definition) is 3. The number of hydrogen-bond acceptors (Lipinski definition) is 4. The van der Waals surface area contributed by atoms with Crippen molar-refractivity contribution in [2.24, 2.45) is 4.99 Å². The second-order valence-electron chi connectivity index (χ2n) is 5.63. The van der Waals surface area contributed by atoms with Crippen LogP contribution in [0.15, 0.2) is 35.3 Å². The van der Waals surface area contributed by atoms with Crippen LogP contribution in [0.2, 0.25) is 10.0 Å². The van der Waals surface area contributed by atoms with Crippen molar-refractivity contribution in [2.75, 3.05) is 20.8 Å². The van der Waals surface area contributed by atoms with Gasteiger partial charge in [0.25, 0.3) is 0 Å². The van der Waals surface area contributed by atoms with Gasteiger partial charge in [0.2, 0.25) is 5.75 Å². The van der Waals surface area contributed by atoms with Gasteiger partial charge in [0, 0.05) is 23.1 Å². The molecule has 0 saturated heterocycles. The fraction of sp³-hybridized carbons (Fsp3) is 0.316. The van der Waals surface area contributed by atoms with Crippen molar-refractivity contribution in [3.05, 3.63) is 51.5 Å². The Kier molecular flexibility index (Phi) is 7.88. The summed E-state index contributed by atoms with van der Waals surface area (Å²) in [4.78, 5) is 4.56. The highest BCUT2D eigenvalue weighted by molar-refractivity contribution is 6.35. The van der Waals surface area contributed by atoms with Crippen LogP contribution in [0.1, 0.15) is 18.1 Å². The third-order valence-electron chi connectivity index (χ3n) is 3.76. The lowest BCUT2D eigenvalue weighted by molar-refractivity contribution is 0.339. The summed E-state index contributed by atoms with van der Waals surface area (Å²) in [6, 6.07) is 8.82. The minimum absolute atomic E-state index is 0.0323. The quantitative estimate of drug-likeness (QED) is 0.474. The Hall–Kier alpha value is -2.31. The van der Waals surface area contributed by atoms with Crippen molar-refractivity contribution < 1.29 is 14.6 Å². The van der Waals surface area contributed by atoms with Gasteiger partial charge in [-0.3, -0.25) is 0 Å². The highest BCUT2D eigenvalue weighted by Crippen LogP contribution is 2.37.